The molecule has 1 heterocycles. The Morgan fingerprint density at radius 2 is 2.00 bits per heavy atom. The van der Waals surface area contributed by atoms with E-state index >= 15 is 0 Å². The molecule has 0 amide bonds. The van der Waals surface area contributed by atoms with Crippen LogP contribution < -0.4 is 4.79 Å². The summed E-state index contributed by atoms with van der Waals surface area (Å²) in [6.45, 7) is 2.04. The molecule has 0 N–H and O–H groups in total. The van der Waals surface area contributed by atoms with Crippen LogP contribution in [0.5, 0.6) is 0 Å². The second kappa shape index (κ2) is 2.58. The van der Waals surface area contributed by atoms with Gasteiger partial charge >= 0.3 is 0 Å². The van der Waals surface area contributed by atoms with Crippen molar-refractivity contribution in [1.82, 2.24) is 0 Å². The zero-order valence-corrected chi connectivity index (χ0v) is 5.34. The van der Waals surface area contributed by atoms with Crippen molar-refractivity contribution in [3.63, 3.8) is 0 Å². The smallest absolute Gasteiger partial charge is 0.0613 e. The van der Waals surface area contributed by atoms with Crippen molar-refractivity contribution in [1.29, 1.82) is 0 Å². The molecule has 1 nitrogen and oxygen atoms in total. The van der Waals surface area contributed by atoms with E-state index in [4.69, 9.17) is 0 Å². The Labute approximate surface area is 53.7 Å². The SMILES string of the molecule is CCc1cc[n+](F)cc1. The molecule has 0 saturated carbocycles. The first-order chi connectivity index (χ1) is 4.33. The number of pyridine rings is 1. The Hall–Kier alpha value is -0.920. The van der Waals surface area contributed by atoms with E-state index in [-0.39, 0.29) is 0 Å². The summed E-state index contributed by atoms with van der Waals surface area (Å²) in [6, 6.07) is 3.53. The lowest BCUT2D eigenvalue weighted by molar-refractivity contribution is -0.843. The highest BCUT2D eigenvalue weighted by molar-refractivity contribution is 5.05. The van der Waals surface area contributed by atoms with Gasteiger partial charge in [-0.1, -0.05) is 6.92 Å². The number of aromatic nitrogens is 1. The van der Waals surface area contributed by atoms with Crippen molar-refractivity contribution in [3.05, 3.63) is 30.1 Å². The summed E-state index contributed by atoms with van der Waals surface area (Å²) in [5, 5.41) is 0. The third-order valence-corrected chi connectivity index (χ3v) is 1.27. The molecular weight excluding hydrogens is 117 g/mol. The lowest BCUT2D eigenvalue weighted by Crippen LogP contribution is -2.19. The first-order valence-corrected chi connectivity index (χ1v) is 2.99. The largest absolute Gasteiger partial charge is 0.218 e. The van der Waals surface area contributed by atoms with E-state index in [9.17, 15) is 4.48 Å². The summed E-state index contributed by atoms with van der Waals surface area (Å²) < 4.78 is 12.1. The van der Waals surface area contributed by atoms with Crippen LogP contribution in [0.25, 0.3) is 0 Å². The fourth-order valence-corrected chi connectivity index (χ4v) is 0.675. The molecule has 2 heteroatoms. The van der Waals surface area contributed by atoms with E-state index in [1.165, 1.54) is 12.4 Å². The number of rotatable bonds is 1. The van der Waals surface area contributed by atoms with Crippen LogP contribution in [0.3, 0.4) is 0 Å². The standard InChI is InChI=1S/C7H9FN/c1-2-7-3-5-9(8)6-4-7/h3-6H,2H2,1H3/q+1. The highest BCUT2D eigenvalue weighted by atomic mass is 19.2. The molecule has 0 fully saturated rings. The van der Waals surface area contributed by atoms with Crippen molar-refractivity contribution >= 4 is 0 Å². The topological polar surface area (TPSA) is 3.88 Å². The minimum atomic E-state index is 0.541. The molecule has 0 spiro atoms. The fourth-order valence-electron chi connectivity index (χ4n) is 0.675. The molecule has 0 atom stereocenters. The van der Waals surface area contributed by atoms with E-state index in [0.717, 1.165) is 12.0 Å². The van der Waals surface area contributed by atoms with E-state index in [0.29, 0.717) is 4.79 Å². The highest BCUT2D eigenvalue weighted by Crippen LogP contribution is 1.93. The third kappa shape index (κ3) is 1.49. The van der Waals surface area contributed by atoms with Gasteiger partial charge in [0.25, 0.3) is 0 Å². The molecule has 0 aliphatic rings. The van der Waals surface area contributed by atoms with Gasteiger partial charge in [0.15, 0.2) is 0 Å². The fraction of sp³-hybridized carbons (Fsp3) is 0.286. The lowest BCUT2D eigenvalue weighted by atomic mass is 10.2. The van der Waals surface area contributed by atoms with Crippen LogP contribution in [0.15, 0.2) is 24.5 Å². The van der Waals surface area contributed by atoms with Crippen LogP contribution in [0.4, 0.5) is 4.48 Å². The number of aryl methyl sites for hydroxylation is 1. The molecular formula is C7H9FN+. The van der Waals surface area contributed by atoms with Crippen LogP contribution in [0.1, 0.15) is 12.5 Å². The summed E-state index contributed by atoms with van der Waals surface area (Å²) in [6.07, 6.45) is 3.76. The summed E-state index contributed by atoms with van der Waals surface area (Å²) in [4.78, 5) is 0.541. The number of nitrogens with zero attached hydrogens (tertiary/aromatic N) is 1. The van der Waals surface area contributed by atoms with Gasteiger partial charge in [0.1, 0.15) is 0 Å². The van der Waals surface area contributed by atoms with Crippen molar-refractivity contribution in [3.8, 4) is 0 Å². The van der Waals surface area contributed by atoms with Crippen molar-refractivity contribution in [2.45, 2.75) is 13.3 Å². The summed E-state index contributed by atoms with van der Waals surface area (Å²) >= 11 is 0. The average molecular weight is 126 g/mol. The number of hydrogen-bond acceptors (Lipinski definition) is 0. The Balaban J connectivity index is 2.88. The van der Waals surface area contributed by atoms with Gasteiger partial charge in [-0.2, -0.15) is 0 Å². The minimum Gasteiger partial charge on any atom is -0.0613 e. The van der Waals surface area contributed by atoms with E-state index in [2.05, 4.69) is 0 Å². The molecule has 1 aromatic rings. The minimum absolute atomic E-state index is 0.541. The van der Waals surface area contributed by atoms with Gasteiger partial charge < -0.3 is 0 Å². The van der Waals surface area contributed by atoms with Gasteiger partial charge in [0.05, 0.1) is 4.48 Å². The van der Waals surface area contributed by atoms with Crippen molar-refractivity contribution < 1.29 is 9.27 Å². The second-order valence-corrected chi connectivity index (χ2v) is 1.90. The normalized spacial score (nSPS) is 9.56. The van der Waals surface area contributed by atoms with E-state index in [1.807, 2.05) is 6.92 Å². The van der Waals surface area contributed by atoms with Crippen LogP contribution in [-0.2, 0) is 6.42 Å². The number of halogens is 1. The highest BCUT2D eigenvalue weighted by Gasteiger charge is 1.94. The Morgan fingerprint density at radius 1 is 1.44 bits per heavy atom. The molecule has 0 aliphatic carbocycles. The molecule has 0 aliphatic heterocycles. The van der Waals surface area contributed by atoms with Crippen LogP contribution >= 0.6 is 0 Å². The van der Waals surface area contributed by atoms with E-state index < -0.39 is 0 Å². The third-order valence-electron chi connectivity index (χ3n) is 1.27. The molecule has 0 saturated heterocycles. The lowest BCUT2D eigenvalue weighted by Gasteiger charge is -1.86. The van der Waals surface area contributed by atoms with Gasteiger partial charge in [-0.05, 0) is 12.0 Å². The van der Waals surface area contributed by atoms with Gasteiger partial charge in [-0.15, -0.1) is 0 Å². The Bertz CT molecular complexity index is 181. The summed E-state index contributed by atoms with van der Waals surface area (Å²) in [7, 11) is 0. The first kappa shape index (κ1) is 6.20. The van der Waals surface area contributed by atoms with Gasteiger partial charge in [-0.3, -0.25) is 0 Å². The maximum atomic E-state index is 12.1. The molecule has 9 heavy (non-hydrogen) atoms. The first-order valence-electron chi connectivity index (χ1n) is 2.99. The van der Waals surface area contributed by atoms with Crippen molar-refractivity contribution in [2.24, 2.45) is 0 Å². The molecule has 0 unspecified atom stereocenters. The number of hydrogen-bond donors (Lipinski definition) is 0. The maximum absolute atomic E-state index is 12.1. The monoisotopic (exact) mass is 126 g/mol. The predicted molar refractivity (Wildman–Crippen MR) is 32.5 cm³/mol. The van der Waals surface area contributed by atoms with E-state index in [1.54, 1.807) is 12.1 Å². The van der Waals surface area contributed by atoms with Crippen LogP contribution in [-0.4, -0.2) is 0 Å². The van der Waals surface area contributed by atoms with Gasteiger partial charge in [0.2, 0.25) is 12.4 Å². The Kier molecular flexibility index (Phi) is 1.78. The quantitative estimate of drug-likeness (QED) is 0.533. The molecule has 48 valence electrons. The van der Waals surface area contributed by atoms with Crippen LogP contribution in [0.2, 0.25) is 0 Å². The summed E-state index contributed by atoms with van der Waals surface area (Å²) in [5.74, 6) is 0. The molecule has 1 rings (SSSR count). The molecule has 0 bridgehead atoms. The van der Waals surface area contributed by atoms with Gasteiger partial charge in [-0.25, -0.2) is 0 Å². The summed E-state index contributed by atoms with van der Waals surface area (Å²) in [5.41, 5.74) is 1.16. The molecule has 1 aromatic heterocycles. The molecule has 0 radical (unpaired) electrons. The maximum Gasteiger partial charge on any atom is 0.218 e. The van der Waals surface area contributed by atoms with Gasteiger partial charge in [0, 0.05) is 16.9 Å². The zero-order valence-electron chi connectivity index (χ0n) is 5.34. The zero-order chi connectivity index (χ0) is 6.69. The van der Waals surface area contributed by atoms with Crippen molar-refractivity contribution in [2.75, 3.05) is 0 Å². The molecule has 0 aromatic carbocycles. The predicted octanol–water partition coefficient (Wildman–Crippen LogP) is 1.27. The Morgan fingerprint density at radius 3 is 2.44 bits per heavy atom. The van der Waals surface area contributed by atoms with Crippen LogP contribution in [0, 0.1) is 0 Å². The second-order valence-electron chi connectivity index (χ2n) is 1.90. The average Bonchev–Trinajstić information content (AvgIpc) is 1.90.